The van der Waals surface area contributed by atoms with Crippen molar-refractivity contribution in [3.8, 4) is 0 Å². The summed E-state index contributed by atoms with van der Waals surface area (Å²) in [5, 5.41) is -0.176. The van der Waals surface area contributed by atoms with Crippen molar-refractivity contribution in [2.75, 3.05) is 50.0 Å². The lowest BCUT2D eigenvalue weighted by molar-refractivity contribution is 0.0381. The van der Waals surface area contributed by atoms with Crippen LogP contribution in [0.4, 0.5) is 10.1 Å². The lowest BCUT2D eigenvalue weighted by Gasteiger charge is -2.28. The van der Waals surface area contributed by atoms with Crippen LogP contribution in [0.1, 0.15) is 22.5 Å². The molecule has 0 bridgehead atoms. The molecule has 1 fully saturated rings. The number of benzene rings is 1. The lowest BCUT2D eigenvalue weighted by atomic mass is 10.2. The average molecular weight is 486 g/mol. The molecule has 1 aliphatic rings. The van der Waals surface area contributed by atoms with E-state index < -0.39 is 21.8 Å². The van der Waals surface area contributed by atoms with Gasteiger partial charge in [-0.3, -0.25) is 14.2 Å². The minimum Gasteiger partial charge on any atom is -0.465 e. The van der Waals surface area contributed by atoms with Gasteiger partial charge < -0.3 is 9.47 Å². The fourth-order valence-electron chi connectivity index (χ4n) is 3.30. The van der Waals surface area contributed by atoms with E-state index in [4.69, 9.17) is 16.3 Å². The summed E-state index contributed by atoms with van der Waals surface area (Å²) < 4.78 is 51.3. The van der Waals surface area contributed by atoms with E-state index in [0.29, 0.717) is 31.9 Å². The van der Waals surface area contributed by atoms with Gasteiger partial charge in [-0.05, 0) is 43.3 Å². The van der Waals surface area contributed by atoms with Gasteiger partial charge in [0.25, 0.3) is 0 Å². The van der Waals surface area contributed by atoms with E-state index in [1.54, 1.807) is 6.07 Å². The van der Waals surface area contributed by atoms with E-state index in [2.05, 4.69) is 14.6 Å². The van der Waals surface area contributed by atoms with E-state index in [-0.39, 0.29) is 28.6 Å². The van der Waals surface area contributed by atoms with Crippen LogP contribution in [0.2, 0.25) is 5.02 Å². The zero-order valence-corrected chi connectivity index (χ0v) is 19.2. The maximum Gasteiger partial charge on any atom is 0.339 e. The first-order valence-electron chi connectivity index (χ1n) is 10.1. The van der Waals surface area contributed by atoms with Gasteiger partial charge in [-0.1, -0.05) is 11.6 Å². The standard InChI is InChI=1S/C21H25ClFN3O5S/c1-30-21(27)16-3-4-17(24-14-16)15-26(18-5-6-20(23)19(22)13-18)32(28,29)12-2-7-25-8-10-31-11-9-25/h3-6,13-14H,2,7-12,15H2,1H3. The third-order valence-corrected chi connectivity index (χ3v) is 7.16. The molecule has 2 heterocycles. The number of halogens is 2. The topological polar surface area (TPSA) is 89.0 Å². The molecule has 11 heteroatoms. The number of hydrogen-bond acceptors (Lipinski definition) is 7. The number of methoxy groups -OCH3 is 1. The third-order valence-electron chi connectivity index (χ3n) is 5.06. The average Bonchev–Trinajstić information content (AvgIpc) is 2.80. The molecular formula is C21H25ClFN3O5S. The number of aromatic nitrogens is 1. The Kier molecular flexibility index (Phi) is 8.41. The molecule has 174 valence electrons. The summed E-state index contributed by atoms with van der Waals surface area (Å²) in [6, 6.07) is 6.83. The Morgan fingerprint density at radius 1 is 1.28 bits per heavy atom. The zero-order chi connectivity index (χ0) is 23.1. The van der Waals surface area contributed by atoms with E-state index in [0.717, 1.165) is 23.5 Å². The summed E-state index contributed by atoms with van der Waals surface area (Å²) in [6.45, 7) is 3.36. The molecule has 1 aliphatic heterocycles. The first-order chi connectivity index (χ1) is 15.3. The highest BCUT2D eigenvalue weighted by molar-refractivity contribution is 7.92. The predicted octanol–water partition coefficient (Wildman–Crippen LogP) is 2.72. The summed E-state index contributed by atoms with van der Waals surface area (Å²) in [6.07, 6.45) is 1.75. The Bertz CT molecular complexity index is 1030. The summed E-state index contributed by atoms with van der Waals surface area (Å²) in [4.78, 5) is 18.0. The zero-order valence-electron chi connectivity index (χ0n) is 17.7. The van der Waals surface area contributed by atoms with Gasteiger partial charge >= 0.3 is 5.97 Å². The second-order valence-electron chi connectivity index (χ2n) is 7.26. The number of ether oxygens (including phenoxy) is 2. The van der Waals surface area contributed by atoms with Gasteiger partial charge in [-0.2, -0.15) is 0 Å². The Morgan fingerprint density at radius 3 is 2.66 bits per heavy atom. The first-order valence-corrected chi connectivity index (χ1v) is 12.1. The van der Waals surface area contributed by atoms with Crippen molar-refractivity contribution >= 4 is 33.3 Å². The number of nitrogens with zero attached hydrogens (tertiary/aromatic N) is 3. The molecule has 3 rings (SSSR count). The minimum atomic E-state index is -3.77. The highest BCUT2D eigenvalue weighted by atomic mass is 35.5. The van der Waals surface area contributed by atoms with Crippen molar-refractivity contribution in [3.05, 3.63) is 58.6 Å². The number of esters is 1. The van der Waals surface area contributed by atoms with Crippen LogP contribution in [0.15, 0.2) is 36.5 Å². The van der Waals surface area contributed by atoms with Crippen LogP contribution in [-0.2, 0) is 26.0 Å². The van der Waals surface area contributed by atoms with Crippen LogP contribution in [0.25, 0.3) is 0 Å². The molecule has 0 amide bonds. The van der Waals surface area contributed by atoms with Gasteiger partial charge in [0.1, 0.15) is 5.82 Å². The predicted molar refractivity (Wildman–Crippen MR) is 119 cm³/mol. The third kappa shape index (κ3) is 6.38. The van der Waals surface area contributed by atoms with Crippen LogP contribution in [0.5, 0.6) is 0 Å². The second kappa shape index (κ2) is 11.0. The smallest absolute Gasteiger partial charge is 0.339 e. The van der Waals surface area contributed by atoms with Crippen molar-refractivity contribution in [2.45, 2.75) is 13.0 Å². The van der Waals surface area contributed by atoms with Gasteiger partial charge in [0.2, 0.25) is 10.0 Å². The Hall–Kier alpha value is -2.27. The number of morpholine rings is 1. The number of sulfonamides is 1. The quantitative estimate of drug-likeness (QED) is 0.504. The normalized spacial score (nSPS) is 14.8. The molecular weight excluding hydrogens is 461 g/mol. The molecule has 1 aromatic heterocycles. The molecule has 8 nitrogen and oxygen atoms in total. The number of carbonyl (C=O) groups excluding carboxylic acids is 1. The van der Waals surface area contributed by atoms with Crippen molar-refractivity contribution < 1.29 is 27.1 Å². The van der Waals surface area contributed by atoms with Crippen LogP contribution < -0.4 is 4.31 Å². The maximum atomic E-state index is 13.7. The van der Waals surface area contributed by atoms with E-state index in [1.165, 1.54) is 31.5 Å². The summed E-state index contributed by atoms with van der Waals surface area (Å²) in [5.74, 6) is -1.28. The first kappa shape index (κ1) is 24.4. The van der Waals surface area contributed by atoms with Gasteiger partial charge in [0, 0.05) is 19.3 Å². The molecule has 0 aliphatic carbocycles. The van der Waals surface area contributed by atoms with Crippen molar-refractivity contribution in [3.63, 3.8) is 0 Å². The molecule has 0 spiro atoms. The largest absolute Gasteiger partial charge is 0.465 e. The van der Waals surface area contributed by atoms with Gasteiger partial charge in [0.05, 0.1) is 54.6 Å². The Labute approximate surface area is 191 Å². The van der Waals surface area contributed by atoms with E-state index in [9.17, 15) is 17.6 Å². The molecule has 0 radical (unpaired) electrons. The van der Waals surface area contributed by atoms with Crippen molar-refractivity contribution in [2.24, 2.45) is 0 Å². The number of hydrogen-bond donors (Lipinski definition) is 0. The highest BCUT2D eigenvalue weighted by Crippen LogP contribution is 2.26. The van der Waals surface area contributed by atoms with E-state index in [1.807, 2.05) is 0 Å². The van der Waals surface area contributed by atoms with Crippen molar-refractivity contribution in [1.29, 1.82) is 0 Å². The number of carbonyl (C=O) groups is 1. The van der Waals surface area contributed by atoms with Crippen LogP contribution in [0.3, 0.4) is 0 Å². The monoisotopic (exact) mass is 485 g/mol. The van der Waals surface area contributed by atoms with E-state index >= 15 is 0 Å². The minimum absolute atomic E-state index is 0.0939. The van der Waals surface area contributed by atoms with Crippen molar-refractivity contribution in [1.82, 2.24) is 9.88 Å². The summed E-state index contributed by atoms with van der Waals surface area (Å²) >= 11 is 5.91. The van der Waals surface area contributed by atoms with Gasteiger partial charge in [-0.15, -0.1) is 0 Å². The lowest BCUT2D eigenvalue weighted by Crippen LogP contribution is -2.38. The molecule has 0 atom stereocenters. The second-order valence-corrected chi connectivity index (χ2v) is 9.68. The molecule has 1 aromatic carbocycles. The summed E-state index contributed by atoms with van der Waals surface area (Å²) in [7, 11) is -2.51. The molecule has 1 saturated heterocycles. The molecule has 32 heavy (non-hydrogen) atoms. The molecule has 0 N–H and O–H groups in total. The number of pyridine rings is 1. The Balaban J connectivity index is 1.79. The molecule has 0 unspecified atom stereocenters. The summed E-state index contributed by atoms with van der Waals surface area (Å²) in [5.41, 5.74) is 0.900. The fraction of sp³-hybridized carbons (Fsp3) is 0.429. The van der Waals surface area contributed by atoms with Gasteiger partial charge in [0.15, 0.2) is 0 Å². The van der Waals surface area contributed by atoms with Crippen LogP contribution >= 0.6 is 11.6 Å². The molecule has 0 saturated carbocycles. The number of anilines is 1. The SMILES string of the molecule is COC(=O)c1ccc(CN(c2ccc(F)c(Cl)c2)S(=O)(=O)CCCN2CCOCC2)nc1. The fourth-order valence-corrected chi connectivity index (χ4v) is 4.95. The Morgan fingerprint density at radius 2 is 2.03 bits per heavy atom. The maximum absolute atomic E-state index is 13.7. The number of rotatable bonds is 9. The van der Waals surface area contributed by atoms with Crippen LogP contribution in [0, 0.1) is 5.82 Å². The van der Waals surface area contributed by atoms with Gasteiger partial charge in [-0.25, -0.2) is 17.6 Å². The molecule has 2 aromatic rings. The van der Waals surface area contributed by atoms with Crippen LogP contribution in [-0.4, -0.2) is 70.0 Å². The highest BCUT2D eigenvalue weighted by Gasteiger charge is 2.25.